The number of nitrogens with two attached hydrogens (primary N) is 1. The van der Waals surface area contributed by atoms with Crippen molar-refractivity contribution in [1.29, 1.82) is 0 Å². The van der Waals surface area contributed by atoms with Crippen LogP contribution < -0.4 is 11.1 Å². The average Bonchev–Trinajstić information content (AvgIpc) is 2.94. The second-order valence-corrected chi connectivity index (χ2v) is 4.12. The second kappa shape index (κ2) is 5.18. The van der Waals surface area contributed by atoms with Crippen LogP contribution in [0.1, 0.15) is 30.3 Å². The molecule has 2 rings (SSSR count). The molecule has 3 N–H and O–H groups in total. The molecule has 0 radical (unpaired) electrons. The molecule has 1 saturated heterocycles. The zero-order valence-corrected chi connectivity index (χ0v) is 9.98. The molecule has 1 atom stereocenters. The zero-order chi connectivity index (χ0) is 12.3. The van der Waals surface area contributed by atoms with Crippen molar-refractivity contribution >= 4 is 11.7 Å². The minimum Gasteiger partial charge on any atom is -0.384 e. The van der Waals surface area contributed by atoms with Crippen molar-refractivity contribution in [2.75, 3.05) is 18.9 Å². The fourth-order valence-corrected chi connectivity index (χ4v) is 1.90. The van der Waals surface area contributed by atoms with Crippen molar-refractivity contribution in [3.63, 3.8) is 0 Å². The van der Waals surface area contributed by atoms with Crippen LogP contribution in [-0.4, -0.2) is 34.9 Å². The number of aromatic nitrogens is 2. The van der Waals surface area contributed by atoms with Gasteiger partial charge in [-0.15, -0.1) is 0 Å². The fraction of sp³-hybridized carbons (Fsp3) is 0.636. The highest BCUT2D eigenvalue weighted by Crippen LogP contribution is 2.11. The summed E-state index contributed by atoms with van der Waals surface area (Å²) in [5.74, 6) is 0.314. The largest absolute Gasteiger partial charge is 0.384 e. The molecule has 0 spiro atoms. The van der Waals surface area contributed by atoms with Gasteiger partial charge in [0.15, 0.2) is 5.69 Å². The van der Waals surface area contributed by atoms with Gasteiger partial charge in [0, 0.05) is 25.8 Å². The number of hydrogen-bond acceptors (Lipinski definition) is 4. The quantitative estimate of drug-likeness (QED) is 0.795. The first-order chi connectivity index (χ1) is 8.20. The highest BCUT2D eigenvalue weighted by atomic mass is 16.5. The minimum atomic E-state index is -0.195. The molecule has 1 amide bonds. The number of anilines is 1. The van der Waals surface area contributed by atoms with E-state index >= 15 is 0 Å². The lowest BCUT2D eigenvalue weighted by Crippen LogP contribution is -2.32. The molecule has 6 heteroatoms. The van der Waals surface area contributed by atoms with Crippen LogP contribution in [0.2, 0.25) is 0 Å². The van der Waals surface area contributed by atoms with Crippen molar-refractivity contribution in [2.24, 2.45) is 0 Å². The van der Waals surface area contributed by atoms with Crippen molar-refractivity contribution in [3.05, 3.63) is 11.8 Å². The number of carbonyl (C=O) groups excluding carboxylic acids is 1. The van der Waals surface area contributed by atoms with Crippen molar-refractivity contribution < 1.29 is 9.53 Å². The second-order valence-electron chi connectivity index (χ2n) is 4.12. The van der Waals surface area contributed by atoms with Gasteiger partial charge < -0.3 is 15.8 Å². The van der Waals surface area contributed by atoms with Crippen molar-refractivity contribution in [3.8, 4) is 0 Å². The van der Waals surface area contributed by atoms with E-state index in [1.807, 2.05) is 6.92 Å². The number of rotatable bonds is 4. The van der Waals surface area contributed by atoms with Gasteiger partial charge in [-0.1, -0.05) is 0 Å². The van der Waals surface area contributed by atoms with Gasteiger partial charge in [-0.25, -0.2) is 4.68 Å². The van der Waals surface area contributed by atoms with Gasteiger partial charge in [-0.05, 0) is 19.8 Å². The first-order valence-corrected chi connectivity index (χ1v) is 5.94. The first-order valence-electron chi connectivity index (χ1n) is 5.94. The number of nitrogen functional groups attached to an aromatic ring is 1. The molecule has 0 aliphatic carbocycles. The highest BCUT2D eigenvalue weighted by Gasteiger charge is 2.18. The Hall–Kier alpha value is -1.56. The normalized spacial score (nSPS) is 19.5. The molecule has 94 valence electrons. The summed E-state index contributed by atoms with van der Waals surface area (Å²) in [4.78, 5) is 11.8. The van der Waals surface area contributed by atoms with E-state index in [0.717, 1.165) is 19.4 Å². The molecule has 1 unspecified atom stereocenters. The highest BCUT2D eigenvalue weighted by molar-refractivity contribution is 5.92. The Labute approximate surface area is 100 Å². The van der Waals surface area contributed by atoms with Crippen LogP contribution >= 0.6 is 0 Å². The molecule has 6 nitrogen and oxygen atoms in total. The van der Waals surface area contributed by atoms with Crippen LogP contribution in [-0.2, 0) is 11.3 Å². The van der Waals surface area contributed by atoms with Gasteiger partial charge in [0.05, 0.1) is 6.10 Å². The van der Waals surface area contributed by atoms with Gasteiger partial charge in [-0.2, -0.15) is 5.10 Å². The van der Waals surface area contributed by atoms with Gasteiger partial charge in [0.2, 0.25) is 0 Å². The topological polar surface area (TPSA) is 82.2 Å². The summed E-state index contributed by atoms with van der Waals surface area (Å²) in [5, 5.41) is 6.92. The molecular weight excluding hydrogens is 220 g/mol. The van der Waals surface area contributed by atoms with Crippen LogP contribution in [0.5, 0.6) is 0 Å². The summed E-state index contributed by atoms with van der Waals surface area (Å²) in [6, 6.07) is 1.59. The minimum absolute atomic E-state index is 0.143. The average molecular weight is 238 g/mol. The number of ether oxygens (including phenoxy) is 1. The maximum absolute atomic E-state index is 11.8. The predicted molar refractivity (Wildman–Crippen MR) is 63.6 cm³/mol. The summed E-state index contributed by atoms with van der Waals surface area (Å²) >= 11 is 0. The molecule has 1 aliphatic heterocycles. The molecule has 1 aromatic heterocycles. The molecule has 0 bridgehead atoms. The molecule has 1 aliphatic rings. The van der Waals surface area contributed by atoms with Gasteiger partial charge in [0.1, 0.15) is 5.82 Å². The summed E-state index contributed by atoms with van der Waals surface area (Å²) in [7, 11) is 0. The number of nitrogens with one attached hydrogen (secondary N) is 1. The van der Waals surface area contributed by atoms with E-state index in [2.05, 4.69) is 10.4 Å². The van der Waals surface area contributed by atoms with Crippen LogP contribution in [0.25, 0.3) is 0 Å². The molecule has 1 fully saturated rings. The lowest BCUT2D eigenvalue weighted by Gasteiger charge is -2.09. The lowest BCUT2D eigenvalue weighted by molar-refractivity contribution is 0.0853. The van der Waals surface area contributed by atoms with E-state index in [1.54, 1.807) is 10.7 Å². The van der Waals surface area contributed by atoms with Gasteiger partial charge in [-0.3, -0.25) is 4.79 Å². The number of aryl methyl sites for hydroxylation is 1. The van der Waals surface area contributed by atoms with E-state index in [1.165, 1.54) is 0 Å². The van der Waals surface area contributed by atoms with E-state index in [9.17, 15) is 4.79 Å². The third kappa shape index (κ3) is 2.76. The van der Waals surface area contributed by atoms with E-state index < -0.39 is 0 Å². The van der Waals surface area contributed by atoms with Crippen molar-refractivity contribution in [2.45, 2.75) is 32.4 Å². The van der Waals surface area contributed by atoms with E-state index in [0.29, 0.717) is 24.6 Å². The van der Waals surface area contributed by atoms with Crippen LogP contribution in [0.3, 0.4) is 0 Å². The monoisotopic (exact) mass is 238 g/mol. The molecule has 0 saturated carbocycles. The van der Waals surface area contributed by atoms with E-state index in [-0.39, 0.29) is 12.0 Å². The van der Waals surface area contributed by atoms with Crippen LogP contribution in [0.15, 0.2) is 6.07 Å². The Kier molecular flexibility index (Phi) is 3.63. The molecule has 2 heterocycles. The van der Waals surface area contributed by atoms with Gasteiger partial charge >= 0.3 is 0 Å². The van der Waals surface area contributed by atoms with Crippen molar-refractivity contribution in [1.82, 2.24) is 15.1 Å². The number of carbonyl (C=O) groups is 1. The summed E-state index contributed by atoms with van der Waals surface area (Å²) in [6.45, 7) is 3.91. The fourth-order valence-electron chi connectivity index (χ4n) is 1.90. The molecule has 17 heavy (non-hydrogen) atoms. The Morgan fingerprint density at radius 3 is 3.18 bits per heavy atom. The Morgan fingerprint density at radius 2 is 2.59 bits per heavy atom. The number of amides is 1. The van der Waals surface area contributed by atoms with E-state index in [4.69, 9.17) is 10.5 Å². The SMILES string of the molecule is CCn1nc(C(=O)NCC2CCCO2)cc1N. The number of hydrogen-bond donors (Lipinski definition) is 2. The third-order valence-corrected chi connectivity index (χ3v) is 2.86. The zero-order valence-electron chi connectivity index (χ0n) is 9.98. The van der Waals surface area contributed by atoms with Crippen LogP contribution in [0, 0.1) is 0 Å². The maximum Gasteiger partial charge on any atom is 0.271 e. The Morgan fingerprint density at radius 1 is 1.76 bits per heavy atom. The van der Waals surface area contributed by atoms with Gasteiger partial charge in [0.25, 0.3) is 5.91 Å². The smallest absolute Gasteiger partial charge is 0.271 e. The standard InChI is InChI=1S/C11H18N4O2/c1-2-15-10(12)6-9(14-15)11(16)13-7-8-4-3-5-17-8/h6,8H,2-5,7,12H2,1H3,(H,13,16). The molecule has 1 aromatic rings. The summed E-state index contributed by atoms with van der Waals surface area (Å²) < 4.78 is 7.02. The molecular formula is C11H18N4O2. The predicted octanol–water partition coefficient (Wildman–Crippen LogP) is 0.394. The Bertz CT molecular complexity index is 396. The first kappa shape index (κ1) is 11.9. The molecule has 0 aromatic carbocycles. The Balaban J connectivity index is 1.89. The third-order valence-electron chi connectivity index (χ3n) is 2.86. The maximum atomic E-state index is 11.8. The van der Waals surface area contributed by atoms with Crippen LogP contribution in [0.4, 0.5) is 5.82 Å². The number of nitrogens with zero attached hydrogens (tertiary/aromatic N) is 2. The summed E-state index contributed by atoms with van der Waals surface area (Å²) in [5.41, 5.74) is 6.07. The lowest BCUT2D eigenvalue weighted by atomic mass is 10.2. The summed E-state index contributed by atoms with van der Waals surface area (Å²) in [6.07, 6.45) is 2.22.